The van der Waals surface area contributed by atoms with Crippen LogP contribution in [-0.4, -0.2) is 37.1 Å². The number of fused-ring (bicyclic) bond motifs is 1. The minimum absolute atomic E-state index is 0.306. The van der Waals surface area contributed by atoms with Gasteiger partial charge < -0.3 is 16.1 Å². The van der Waals surface area contributed by atoms with E-state index in [-0.39, 0.29) is 0 Å². The number of aliphatic imine (C=N–C) groups is 1. The number of hydrazone groups is 1. The van der Waals surface area contributed by atoms with Crippen LogP contribution in [0, 0.1) is 5.92 Å². The summed E-state index contributed by atoms with van der Waals surface area (Å²) in [7, 11) is 0. The van der Waals surface area contributed by atoms with E-state index in [1.54, 1.807) is 0 Å². The fraction of sp³-hybridized carbons (Fsp3) is 0.400. The van der Waals surface area contributed by atoms with Crippen molar-refractivity contribution in [2.45, 2.75) is 52.0 Å². The average Bonchev–Trinajstić information content (AvgIpc) is 3.29. The Kier molecular flexibility index (Phi) is 7.03. The predicted molar refractivity (Wildman–Crippen MR) is 147 cm³/mol. The Labute approximate surface area is 209 Å². The molecule has 0 amide bonds. The molecular weight excluding hydrogens is 430 g/mol. The summed E-state index contributed by atoms with van der Waals surface area (Å²) in [5, 5.41) is 11.8. The van der Waals surface area contributed by atoms with Crippen LogP contribution in [0.1, 0.15) is 46.0 Å². The van der Waals surface area contributed by atoms with Crippen LogP contribution in [0.25, 0.3) is 0 Å². The van der Waals surface area contributed by atoms with Gasteiger partial charge in [0.05, 0.1) is 23.7 Å². The van der Waals surface area contributed by atoms with Gasteiger partial charge in [-0.2, -0.15) is 5.10 Å². The molecule has 2 atom stereocenters. The van der Waals surface area contributed by atoms with Crippen LogP contribution in [-0.2, 0) is 0 Å². The van der Waals surface area contributed by atoms with E-state index in [9.17, 15) is 0 Å². The van der Waals surface area contributed by atoms with Gasteiger partial charge in [0, 0.05) is 30.7 Å². The van der Waals surface area contributed by atoms with Crippen LogP contribution in [0.3, 0.4) is 0 Å². The van der Waals surface area contributed by atoms with Crippen LogP contribution in [0.4, 0.5) is 0 Å². The fourth-order valence-electron chi connectivity index (χ4n) is 5.32. The van der Waals surface area contributed by atoms with E-state index in [0.29, 0.717) is 12.0 Å². The molecule has 5 aliphatic rings. The highest BCUT2D eigenvalue weighted by Gasteiger charge is 2.29. The summed E-state index contributed by atoms with van der Waals surface area (Å²) in [6, 6.07) is 0.499. The highest BCUT2D eigenvalue weighted by molar-refractivity contribution is 6.11. The average molecular weight is 468 g/mol. The molecular formula is C30H37N5. The number of nitrogens with zero attached hydrogens (tertiary/aromatic N) is 2. The van der Waals surface area contributed by atoms with Gasteiger partial charge in [-0.3, -0.25) is 4.99 Å². The summed E-state index contributed by atoms with van der Waals surface area (Å²) in [6.07, 6.45) is 23.1. The summed E-state index contributed by atoms with van der Waals surface area (Å²) in [5.74, 6) is 0.306. The third kappa shape index (κ3) is 5.34. The molecule has 2 bridgehead atoms. The van der Waals surface area contributed by atoms with Crippen molar-refractivity contribution >= 4 is 11.4 Å². The van der Waals surface area contributed by atoms with Gasteiger partial charge in [0.15, 0.2) is 0 Å². The second-order valence-corrected chi connectivity index (χ2v) is 9.98. The largest absolute Gasteiger partial charge is 0.385 e. The van der Waals surface area contributed by atoms with Crippen molar-refractivity contribution in [3.05, 3.63) is 94.4 Å². The molecule has 0 spiro atoms. The molecule has 182 valence electrons. The minimum Gasteiger partial charge on any atom is -0.385 e. The maximum Gasteiger partial charge on any atom is 0.0920 e. The lowest BCUT2D eigenvalue weighted by Crippen LogP contribution is -2.34. The van der Waals surface area contributed by atoms with Gasteiger partial charge in [-0.25, -0.2) is 0 Å². The molecule has 1 aliphatic carbocycles. The number of hydrogen-bond acceptors (Lipinski definition) is 5. The van der Waals surface area contributed by atoms with Crippen molar-refractivity contribution in [1.29, 1.82) is 0 Å². The van der Waals surface area contributed by atoms with Crippen molar-refractivity contribution in [2.24, 2.45) is 16.0 Å². The Morgan fingerprint density at radius 2 is 2.11 bits per heavy atom. The Morgan fingerprint density at radius 3 is 2.97 bits per heavy atom. The molecule has 0 aromatic heterocycles. The summed E-state index contributed by atoms with van der Waals surface area (Å²) in [4.78, 5) is 4.91. The van der Waals surface area contributed by atoms with E-state index in [0.717, 1.165) is 62.3 Å². The first-order chi connectivity index (χ1) is 17.1. The summed E-state index contributed by atoms with van der Waals surface area (Å²) >= 11 is 0. The monoisotopic (exact) mass is 467 g/mol. The van der Waals surface area contributed by atoms with Crippen molar-refractivity contribution in [1.82, 2.24) is 16.1 Å². The number of hydrogen-bond donors (Lipinski definition) is 3. The maximum absolute atomic E-state index is 4.91. The zero-order chi connectivity index (χ0) is 24.2. The Balaban J connectivity index is 1.36. The molecule has 5 heteroatoms. The fourth-order valence-corrected chi connectivity index (χ4v) is 5.32. The smallest absolute Gasteiger partial charge is 0.0920 e. The van der Waals surface area contributed by atoms with E-state index in [2.05, 4.69) is 90.2 Å². The lowest BCUT2D eigenvalue weighted by Gasteiger charge is -2.26. The number of rotatable bonds is 4. The first-order valence-electron chi connectivity index (χ1n) is 13.0. The lowest BCUT2D eigenvalue weighted by atomic mass is 9.85. The Morgan fingerprint density at radius 1 is 1.20 bits per heavy atom. The van der Waals surface area contributed by atoms with Gasteiger partial charge in [0.2, 0.25) is 0 Å². The SMILES string of the molecule is C=C1CC/C(C2CNN=C2C2=CCCC(C)N2)=C/C=C/C1=C/C(=C\C)C1=NCC2=CC(=C1)NCC2. The first-order valence-corrected chi connectivity index (χ1v) is 13.0. The second kappa shape index (κ2) is 10.5. The van der Waals surface area contributed by atoms with Crippen LogP contribution in [0.5, 0.6) is 0 Å². The number of nitrogens with one attached hydrogen (secondary N) is 3. The quantitative estimate of drug-likeness (QED) is 0.534. The molecule has 0 saturated heterocycles. The maximum atomic E-state index is 4.91. The van der Waals surface area contributed by atoms with Gasteiger partial charge in [-0.05, 0) is 86.5 Å². The molecule has 2 unspecified atom stereocenters. The van der Waals surface area contributed by atoms with Gasteiger partial charge in [0.25, 0.3) is 0 Å². The first kappa shape index (κ1) is 23.4. The molecule has 5 nitrogen and oxygen atoms in total. The van der Waals surface area contributed by atoms with Crippen molar-refractivity contribution in [3.8, 4) is 0 Å². The third-order valence-corrected chi connectivity index (χ3v) is 7.41. The molecule has 0 saturated carbocycles. The highest BCUT2D eigenvalue weighted by atomic mass is 15.3. The van der Waals surface area contributed by atoms with Crippen LogP contribution < -0.4 is 16.1 Å². The van der Waals surface area contributed by atoms with E-state index < -0.39 is 0 Å². The van der Waals surface area contributed by atoms with Crippen LogP contribution in [0.15, 0.2) is 105 Å². The van der Waals surface area contributed by atoms with Crippen molar-refractivity contribution in [2.75, 3.05) is 19.6 Å². The molecule has 5 rings (SSSR count). The van der Waals surface area contributed by atoms with Gasteiger partial charge in [-0.15, -0.1) is 0 Å². The lowest BCUT2D eigenvalue weighted by molar-refractivity contribution is 0.554. The van der Waals surface area contributed by atoms with E-state index >= 15 is 0 Å². The standard InChI is InChI=1S/C30H37N5/c1-4-23(29-17-26-15-22(18-32-29)13-14-31-26)16-25-9-6-8-24(12-11-20(25)2)27-19-33-35-30(27)28-10-5-7-21(3)34-28/h4,6,8-10,15-17,21,27,31,33-34H,2,5,7,11-14,18-19H2,1,3H3/b9-6+,23-4+,24-8-,25-16-. The van der Waals surface area contributed by atoms with Gasteiger partial charge >= 0.3 is 0 Å². The predicted octanol–water partition coefficient (Wildman–Crippen LogP) is 5.18. The Hall–Kier alpha value is -3.34. The van der Waals surface area contributed by atoms with E-state index in [1.807, 2.05) is 0 Å². The van der Waals surface area contributed by atoms with Gasteiger partial charge in [0.1, 0.15) is 0 Å². The topological polar surface area (TPSA) is 60.8 Å². The van der Waals surface area contributed by atoms with Crippen molar-refractivity contribution in [3.63, 3.8) is 0 Å². The summed E-state index contributed by atoms with van der Waals surface area (Å²) in [6.45, 7) is 11.4. The molecule has 35 heavy (non-hydrogen) atoms. The minimum atomic E-state index is 0.306. The molecule has 3 N–H and O–H groups in total. The molecule has 4 aliphatic heterocycles. The molecule has 0 fully saturated rings. The summed E-state index contributed by atoms with van der Waals surface area (Å²) < 4.78 is 0. The Bertz CT molecular complexity index is 1170. The van der Waals surface area contributed by atoms with Crippen molar-refractivity contribution < 1.29 is 0 Å². The summed E-state index contributed by atoms with van der Waals surface area (Å²) in [5.41, 5.74) is 14.1. The van der Waals surface area contributed by atoms with Gasteiger partial charge in [-0.1, -0.05) is 42.5 Å². The second-order valence-electron chi connectivity index (χ2n) is 9.98. The van der Waals surface area contributed by atoms with E-state index in [1.165, 1.54) is 40.1 Å². The zero-order valence-electron chi connectivity index (χ0n) is 21.0. The highest BCUT2D eigenvalue weighted by Crippen LogP contribution is 2.31. The molecule has 0 aromatic rings. The van der Waals surface area contributed by atoms with Crippen LogP contribution >= 0.6 is 0 Å². The van der Waals surface area contributed by atoms with E-state index in [4.69, 9.17) is 4.99 Å². The zero-order valence-corrected chi connectivity index (χ0v) is 21.0. The molecule has 0 radical (unpaired) electrons. The van der Waals surface area contributed by atoms with Crippen LogP contribution in [0.2, 0.25) is 0 Å². The molecule has 0 aromatic carbocycles. The third-order valence-electron chi connectivity index (χ3n) is 7.41. The normalized spacial score (nSPS) is 30.5. The number of allylic oxidation sites excluding steroid dienone is 12. The molecule has 4 heterocycles.